The van der Waals surface area contributed by atoms with Crippen molar-refractivity contribution in [3.8, 4) is 0 Å². The molecule has 0 radical (unpaired) electrons. The van der Waals surface area contributed by atoms with Crippen LogP contribution < -0.4 is 11.1 Å². The van der Waals surface area contributed by atoms with Crippen LogP contribution in [0.25, 0.3) is 0 Å². The zero-order chi connectivity index (χ0) is 11.3. The summed E-state index contributed by atoms with van der Waals surface area (Å²) in [4.78, 5) is 10.9. The quantitative estimate of drug-likeness (QED) is 0.691. The Labute approximate surface area is 89.1 Å². The lowest BCUT2D eigenvalue weighted by Gasteiger charge is -2.14. The van der Waals surface area contributed by atoms with Crippen molar-refractivity contribution in [3.63, 3.8) is 0 Å². The standard InChI is InChI=1S/C11H16N2O2/c1-8(14)13-10-5-3-2-4-9(10)11(15)6-7-12/h2-5,11,15H,6-7,12H2,1H3,(H,13,14). The molecule has 0 saturated heterocycles. The molecule has 0 fully saturated rings. The van der Waals surface area contributed by atoms with Gasteiger partial charge in [-0.05, 0) is 19.0 Å². The highest BCUT2D eigenvalue weighted by atomic mass is 16.3. The van der Waals surface area contributed by atoms with E-state index in [0.29, 0.717) is 24.2 Å². The third-order valence-corrected chi connectivity index (χ3v) is 2.07. The number of aliphatic hydroxyl groups is 1. The van der Waals surface area contributed by atoms with Crippen LogP contribution in [0.4, 0.5) is 5.69 Å². The van der Waals surface area contributed by atoms with Crippen LogP contribution in [0.2, 0.25) is 0 Å². The molecule has 1 atom stereocenters. The number of anilines is 1. The van der Waals surface area contributed by atoms with E-state index in [9.17, 15) is 9.90 Å². The number of nitrogens with one attached hydrogen (secondary N) is 1. The lowest BCUT2D eigenvalue weighted by Crippen LogP contribution is -2.12. The average Bonchev–Trinajstić information content (AvgIpc) is 2.18. The smallest absolute Gasteiger partial charge is 0.221 e. The van der Waals surface area contributed by atoms with Crippen molar-refractivity contribution in [2.75, 3.05) is 11.9 Å². The first-order chi connectivity index (χ1) is 7.15. The van der Waals surface area contributed by atoms with Gasteiger partial charge in [0.15, 0.2) is 0 Å². The summed E-state index contributed by atoms with van der Waals surface area (Å²) in [5, 5.41) is 12.5. The molecule has 4 N–H and O–H groups in total. The van der Waals surface area contributed by atoms with Gasteiger partial charge in [0.1, 0.15) is 0 Å². The van der Waals surface area contributed by atoms with Crippen LogP contribution >= 0.6 is 0 Å². The number of para-hydroxylation sites is 1. The highest BCUT2D eigenvalue weighted by Gasteiger charge is 2.11. The summed E-state index contributed by atoms with van der Waals surface area (Å²) in [6.45, 7) is 1.85. The van der Waals surface area contributed by atoms with Crippen LogP contribution in [0.5, 0.6) is 0 Å². The third-order valence-electron chi connectivity index (χ3n) is 2.07. The molecule has 0 saturated carbocycles. The largest absolute Gasteiger partial charge is 0.388 e. The van der Waals surface area contributed by atoms with Crippen molar-refractivity contribution < 1.29 is 9.90 Å². The predicted octanol–water partition coefficient (Wildman–Crippen LogP) is 1.03. The van der Waals surface area contributed by atoms with Crippen LogP contribution in [0.3, 0.4) is 0 Å². The second-order valence-electron chi connectivity index (χ2n) is 3.36. The van der Waals surface area contributed by atoms with Gasteiger partial charge in [0.05, 0.1) is 6.10 Å². The second-order valence-corrected chi connectivity index (χ2v) is 3.36. The van der Waals surface area contributed by atoms with Gasteiger partial charge in [-0.2, -0.15) is 0 Å². The number of carbonyl (C=O) groups excluding carboxylic acids is 1. The van der Waals surface area contributed by atoms with E-state index in [0.717, 1.165) is 0 Å². The van der Waals surface area contributed by atoms with Gasteiger partial charge in [-0.15, -0.1) is 0 Å². The van der Waals surface area contributed by atoms with Gasteiger partial charge < -0.3 is 16.2 Å². The monoisotopic (exact) mass is 208 g/mol. The maximum atomic E-state index is 10.9. The van der Waals surface area contributed by atoms with Crippen LogP contribution in [0.1, 0.15) is 25.0 Å². The molecule has 1 aromatic carbocycles. The van der Waals surface area contributed by atoms with E-state index >= 15 is 0 Å². The Morgan fingerprint density at radius 3 is 2.80 bits per heavy atom. The number of carbonyl (C=O) groups is 1. The zero-order valence-corrected chi connectivity index (χ0v) is 8.73. The molecular formula is C11H16N2O2. The minimum Gasteiger partial charge on any atom is -0.388 e. The second kappa shape index (κ2) is 5.48. The molecule has 0 aliphatic carbocycles. The minimum atomic E-state index is -0.627. The van der Waals surface area contributed by atoms with Crippen molar-refractivity contribution in [1.29, 1.82) is 0 Å². The third kappa shape index (κ3) is 3.34. The van der Waals surface area contributed by atoms with Gasteiger partial charge in [-0.3, -0.25) is 4.79 Å². The maximum Gasteiger partial charge on any atom is 0.221 e. The summed E-state index contributed by atoms with van der Waals surface area (Å²) in [5.74, 6) is -0.151. The van der Waals surface area contributed by atoms with E-state index in [1.165, 1.54) is 6.92 Å². The molecule has 0 heterocycles. The van der Waals surface area contributed by atoms with E-state index in [-0.39, 0.29) is 5.91 Å². The Hall–Kier alpha value is -1.39. The number of nitrogens with two attached hydrogens (primary N) is 1. The number of amides is 1. The molecule has 82 valence electrons. The fourth-order valence-corrected chi connectivity index (χ4v) is 1.40. The van der Waals surface area contributed by atoms with Crippen LogP contribution in [0.15, 0.2) is 24.3 Å². The molecule has 4 heteroatoms. The summed E-state index contributed by atoms with van der Waals surface area (Å²) in [6.07, 6.45) is -0.144. The highest BCUT2D eigenvalue weighted by Crippen LogP contribution is 2.24. The summed E-state index contributed by atoms with van der Waals surface area (Å²) in [6, 6.07) is 7.17. The van der Waals surface area contributed by atoms with Crippen molar-refractivity contribution in [1.82, 2.24) is 0 Å². The Kier molecular flexibility index (Phi) is 4.27. The fraction of sp³-hybridized carbons (Fsp3) is 0.364. The number of benzene rings is 1. The van der Waals surface area contributed by atoms with Crippen molar-refractivity contribution >= 4 is 11.6 Å². The van der Waals surface area contributed by atoms with E-state index in [1.807, 2.05) is 12.1 Å². The minimum absolute atomic E-state index is 0.151. The molecule has 0 aromatic heterocycles. The lowest BCUT2D eigenvalue weighted by molar-refractivity contribution is -0.114. The fourth-order valence-electron chi connectivity index (χ4n) is 1.40. The van der Waals surface area contributed by atoms with Crippen molar-refractivity contribution in [3.05, 3.63) is 29.8 Å². The molecule has 0 aliphatic rings. The zero-order valence-electron chi connectivity index (χ0n) is 8.73. The van der Waals surface area contributed by atoms with Gasteiger partial charge >= 0.3 is 0 Å². The van der Waals surface area contributed by atoms with E-state index in [1.54, 1.807) is 12.1 Å². The van der Waals surface area contributed by atoms with Gasteiger partial charge in [0.25, 0.3) is 0 Å². The summed E-state index contributed by atoms with van der Waals surface area (Å²) < 4.78 is 0. The van der Waals surface area contributed by atoms with Gasteiger partial charge in [0.2, 0.25) is 5.91 Å². The molecular weight excluding hydrogens is 192 g/mol. The van der Waals surface area contributed by atoms with Crippen LogP contribution in [0, 0.1) is 0 Å². The molecule has 0 spiro atoms. The Balaban J connectivity index is 2.89. The number of rotatable bonds is 4. The molecule has 1 rings (SSSR count). The summed E-state index contributed by atoms with van der Waals surface area (Å²) in [5.41, 5.74) is 6.72. The first-order valence-corrected chi connectivity index (χ1v) is 4.89. The number of aliphatic hydroxyl groups excluding tert-OH is 1. The lowest BCUT2D eigenvalue weighted by atomic mass is 10.0. The molecule has 1 amide bonds. The van der Waals surface area contributed by atoms with Crippen molar-refractivity contribution in [2.45, 2.75) is 19.4 Å². The summed E-state index contributed by atoms with van der Waals surface area (Å²) >= 11 is 0. The number of hydrogen-bond acceptors (Lipinski definition) is 3. The topological polar surface area (TPSA) is 75.3 Å². The van der Waals surface area contributed by atoms with Gasteiger partial charge in [-0.1, -0.05) is 18.2 Å². The highest BCUT2D eigenvalue weighted by molar-refractivity contribution is 5.89. The van der Waals surface area contributed by atoms with Crippen LogP contribution in [-0.2, 0) is 4.79 Å². The van der Waals surface area contributed by atoms with Crippen LogP contribution in [-0.4, -0.2) is 17.6 Å². The molecule has 1 unspecified atom stereocenters. The Morgan fingerprint density at radius 1 is 1.53 bits per heavy atom. The first-order valence-electron chi connectivity index (χ1n) is 4.89. The Morgan fingerprint density at radius 2 is 2.20 bits per heavy atom. The van der Waals surface area contributed by atoms with Crippen molar-refractivity contribution in [2.24, 2.45) is 5.73 Å². The maximum absolute atomic E-state index is 10.9. The van der Waals surface area contributed by atoms with E-state index < -0.39 is 6.10 Å². The molecule has 1 aromatic rings. The molecule has 15 heavy (non-hydrogen) atoms. The average molecular weight is 208 g/mol. The molecule has 4 nitrogen and oxygen atoms in total. The number of hydrogen-bond donors (Lipinski definition) is 3. The first kappa shape index (κ1) is 11.7. The Bertz CT molecular complexity index is 339. The summed E-state index contributed by atoms with van der Waals surface area (Å²) in [7, 11) is 0. The van der Waals surface area contributed by atoms with Gasteiger partial charge in [0, 0.05) is 18.2 Å². The predicted molar refractivity (Wildman–Crippen MR) is 59.4 cm³/mol. The molecule has 0 aliphatic heterocycles. The van der Waals surface area contributed by atoms with E-state index in [4.69, 9.17) is 5.73 Å². The SMILES string of the molecule is CC(=O)Nc1ccccc1C(O)CCN. The molecule has 0 bridgehead atoms. The normalized spacial score (nSPS) is 12.2. The van der Waals surface area contributed by atoms with Gasteiger partial charge in [-0.25, -0.2) is 0 Å². The van der Waals surface area contributed by atoms with E-state index in [2.05, 4.69) is 5.32 Å².